The van der Waals surface area contributed by atoms with Gasteiger partial charge < -0.3 is 5.32 Å². The highest BCUT2D eigenvalue weighted by Crippen LogP contribution is 2.19. The highest BCUT2D eigenvalue weighted by Gasteiger charge is 2.23. The fourth-order valence-corrected chi connectivity index (χ4v) is 3.12. The molecule has 120 valence electrons. The van der Waals surface area contributed by atoms with Gasteiger partial charge >= 0.3 is 0 Å². The summed E-state index contributed by atoms with van der Waals surface area (Å²) < 4.78 is 26.8. The average molecular weight is 331 g/mol. The third-order valence-corrected chi connectivity index (χ3v) is 4.82. The predicted octanol–water partition coefficient (Wildman–Crippen LogP) is 1.70. The molecule has 1 aromatic heterocycles. The van der Waals surface area contributed by atoms with Crippen molar-refractivity contribution in [3.05, 3.63) is 54.4 Å². The Morgan fingerprint density at radius 3 is 2.52 bits per heavy atom. The summed E-state index contributed by atoms with van der Waals surface area (Å²) in [6.45, 7) is 0. The summed E-state index contributed by atoms with van der Waals surface area (Å²) in [7, 11) is -3.65. The standard InChI is InChI=1S/C16H17N3O3S/c20-16(18-13-7-8-13)10-12-3-5-14(6-4-12)19-23(21,22)15-2-1-9-17-11-15/h1-6,9,11,13,19H,7-8,10H2,(H,18,20). The van der Waals surface area contributed by atoms with Crippen molar-refractivity contribution in [2.45, 2.75) is 30.2 Å². The molecular formula is C16H17N3O3S. The lowest BCUT2D eigenvalue weighted by Gasteiger charge is -2.09. The molecule has 0 saturated heterocycles. The van der Waals surface area contributed by atoms with Gasteiger partial charge in [0.25, 0.3) is 10.0 Å². The van der Waals surface area contributed by atoms with E-state index in [9.17, 15) is 13.2 Å². The Kier molecular flexibility index (Phi) is 4.29. The van der Waals surface area contributed by atoms with Gasteiger partial charge in [-0.15, -0.1) is 0 Å². The Morgan fingerprint density at radius 2 is 1.91 bits per heavy atom. The van der Waals surface area contributed by atoms with E-state index in [0.29, 0.717) is 18.2 Å². The lowest BCUT2D eigenvalue weighted by molar-refractivity contribution is -0.120. The monoisotopic (exact) mass is 331 g/mol. The molecule has 0 bridgehead atoms. The van der Waals surface area contributed by atoms with Crippen molar-refractivity contribution in [1.82, 2.24) is 10.3 Å². The van der Waals surface area contributed by atoms with E-state index in [1.54, 1.807) is 30.3 Å². The highest BCUT2D eigenvalue weighted by atomic mass is 32.2. The minimum absolute atomic E-state index is 0.00353. The van der Waals surface area contributed by atoms with Crippen LogP contribution < -0.4 is 10.0 Å². The van der Waals surface area contributed by atoms with Crippen LogP contribution in [-0.4, -0.2) is 25.4 Å². The molecule has 0 radical (unpaired) electrons. The molecule has 1 aliphatic rings. The van der Waals surface area contributed by atoms with E-state index in [-0.39, 0.29) is 10.8 Å². The molecule has 2 N–H and O–H groups in total. The summed E-state index contributed by atoms with van der Waals surface area (Å²) in [5, 5.41) is 2.92. The number of aromatic nitrogens is 1. The number of pyridine rings is 1. The summed E-state index contributed by atoms with van der Waals surface area (Å²) in [6, 6.07) is 10.2. The predicted molar refractivity (Wildman–Crippen MR) is 86.4 cm³/mol. The first-order valence-corrected chi connectivity index (χ1v) is 8.82. The van der Waals surface area contributed by atoms with Crippen LogP contribution >= 0.6 is 0 Å². The number of nitrogens with zero attached hydrogens (tertiary/aromatic N) is 1. The first-order chi connectivity index (χ1) is 11.0. The van der Waals surface area contributed by atoms with Gasteiger partial charge in [-0.3, -0.25) is 14.5 Å². The smallest absolute Gasteiger partial charge is 0.263 e. The summed E-state index contributed by atoms with van der Waals surface area (Å²) >= 11 is 0. The zero-order valence-electron chi connectivity index (χ0n) is 12.4. The molecule has 0 spiro atoms. The fraction of sp³-hybridized carbons (Fsp3) is 0.250. The minimum atomic E-state index is -3.65. The van der Waals surface area contributed by atoms with E-state index >= 15 is 0 Å². The third-order valence-electron chi connectivity index (χ3n) is 3.46. The molecule has 1 saturated carbocycles. The number of nitrogens with one attached hydrogen (secondary N) is 2. The SMILES string of the molecule is O=C(Cc1ccc(NS(=O)(=O)c2cccnc2)cc1)NC1CC1. The Balaban J connectivity index is 1.64. The van der Waals surface area contributed by atoms with Crippen molar-refractivity contribution >= 4 is 21.6 Å². The van der Waals surface area contributed by atoms with Crippen molar-refractivity contribution < 1.29 is 13.2 Å². The molecule has 2 aromatic rings. The van der Waals surface area contributed by atoms with Crippen LogP contribution in [-0.2, 0) is 21.2 Å². The lowest BCUT2D eigenvalue weighted by atomic mass is 10.1. The quantitative estimate of drug-likeness (QED) is 0.843. The van der Waals surface area contributed by atoms with Crippen LogP contribution in [0.3, 0.4) is 0 Å². The number of hydrogen-bond acceptors (Lipinski definition) is 4. The van der Waals surface area contributed by atoms with Gasteiger partial charge in [0.1, 0.15) is 4.90 Å². The van der Waals surface area contributed by atoms with Gasteiger partial charge in [0.2, 0.25) is 5.91 Å². The molecule has 0 atom stereocenters. The van der Waals surface area contributed by atoms with Gasteiger partial charge in [-0.2, -0.15) is 0 Å². The number of carbonyl (C=O) groups excluding carboxylic acids is 1. The molecule has 3 rings (SSSR count). The Labute approximate surface area is 135 Å². The van der Waals surface area contributed by atoms with E-state index in [4.69, 9.17) is 0 Å². The number of anilines is 1. The molecule has 1 aliphatic carbocycles. The van der Waals surface area contributed by atoms with Gasteiger partial charge in [0.15, 0.2) is 0 Å². The Bertz CT molecular complexity index is 785. The van der Waals surface area contributed by atoms with Crippen LogP contribution in [0.25, 0.3) is 0 Å². The molecule has 1 aromatic carbocycles. The lowest BCUT2D eigenvalue weighted by Crippen LogP contribution is -2.26. The van der Waals surface area contributed by atoms with E-state index < -0.39 is 10.0 Å². The summed E-state index contributed by atoms with van der Waals surface area (Å²) in [5.74, 6) is -0.00353. The number of carbonyl (C=O) groups is 1. The summed E-state index contributed by atoms with van der Waals surface area (Å²) in [5.41, 5.74) is 1.28. The van der Waals surface area contributed by atoms with E-state index in [1.807, 2.05) is 0 Å². The third kappa shape index (κ3) is 4.29. The molecular weight excluding hydrogens is 314 g/mol. The number of amides is 1. The first-order valence-electron chi connectivity index (χ1n) is 7.34. The minimum Gasteiger partial charge on any atom is -0.353 e. The van der Waals surface area contributed by atoms with Crippen molar-refractivity contribution in [1.29, 1.82) is 0 Å². The maximum atomic E-state index is 12.2. The molecule has 1 amide bonds. The van der Waals surface area contributed by atoms with Crippen LogP contribution in [0.15, 0.2) is 53.7 Å². The maximum absolute atomic E-state index is 12.2. The fourth-order valence-electron chi connectivity index (χ4n) is 2.10. The summed E-state index contributed by atoms with van der Waals surface area (Å²) in [6.07, 6.45) is 5.22. The van der Waals surface area contributed by atoms with Crippen molar-refractivity contribution in [2.75, 3.05) is 4.72 Å². The molecule has 0 aliphatic heterocycles. The maximum Gasteiger partial charge on any atom is 0.263 e. The topological polar surface area (TPSA) is 88.2 Å². The van der Waals surface area contributed by atoms with Crippen LogP contribution in [0.4, 0.5) is 5.69 Å². The van der Waals surface area contributed by atoms with E-state index in [0.717, 1.165) is 18.4 Å². The molecule has 1 heterocycles. The van der Waals surface area contributed by atoms with Gasteiger partial charge in [0, 0.05) is 24.1 Å². The van der Waals surface area contributed by atoms with Crippen LogP contribution in [0.5, 0.6) is 0 Å². The molecule has 1 fully saturated rings. The van der Waals surface area contributed by atoms with Gasteiger partial charge in [-0.1, -0.05) is 12.1 Å². The Morgan fingerprint density at radius 1 is 1.17 bits per heavy atom. The van der Waals surface area contributed by atoms with Crippen LogP contribution in [0, 0.1) is 0 Å². The number of hydrogen-bond donors (Lipinski definition) is 2. The zero-order chi connectivity index (χ0) is 16.3. The number of rotatable bonds is 6. The second-order valence-electron chi connectivity index (χ2n) is 5.51. The second-order valence-corrected chi connectivity index (χ2v) is 7.19. The number of sulfonamides is 1. The average Bonchev–Trinajstić information content (AvgIpc) is 3.34. The molecule has 6 nitrogen and oxygen atoms in total. The van der Waals surface area contributed by atoms with Crippen LogP contribution in [0.1, 0.15) is 18.4 Å². The van der Waals surface area contributed by atoms with Gasteiger partial charge in [-0.05, 0) is 42.7 Å². The molecule has 0 unspecified atom stereocenters. The van der Waals surface area contributed by atoms with Crippen LogP contribution in [0.2, 0.25) is 0 Å². The Hall–Kier alpha value is -2.41. The van der Waals surface area contributed by atoms with Crippen molar-refractivity contribution in [3.63, 3.8) is 0 Å². The second kappa shape index (κ2) is 6.37. The van der Waals surface area contributed by atoms with Gasteiger partial charge in [-0.25, -0.2) is 8.42 Å². The van der Waals surface area contributed by atoms with E-state index in [2.05, 4.69) is 15.0 Å². The van der Waals surface area contributed by atoms with E-state index in [1.165, 1.54) is 18.5 Å². The zero-order valence-corrected chi connectivity index (χ0v) is 13.2. The molecule has 7 heteroatoms. The van der Waals surface area contributed by atoms with Gasteiger partial charge in [0.05, 0.1) is 6.42 Å². The normalized spacial score (nSPS) is 14.3. The highest BCUT2D eigenvalue weighted by molar-refractivity contribution is 7.92. The number of benzene rings is 1. The van der Waals surface area contributed by atoms with Crippen molar-refractivity contribution in [2.24, 2.45) is 0 Å². The van der Waals surface area contributed by atoms with Crippen molar-refractivity contribution in [3.8, 4) is 0 Å². The molecule has 23 heavy (non-hydrogen) atoms. The first kappa shape index (κ1) is 15.5. The largest absolute Gasteiger partial charge is 0.353 e. The summed E-state index contributed by atoms with van der Waals surface area (Å²) in [4.78, 5) is 15.6.